The molecule has 0 heterocycles. The highest BCUT2D eigenvalue weighted by Gasteiger charge is 2.32. The lowest BCUT2D eigenvalue weighted by molar-refractivity contribution is -0.139. The van der Waals surface area contributed by atoms with Crippen molar-refractivity contribution < 1.29 is 22.7 Å². The Hall–Kier alpha value is -3.56. The third-order valence-corrected chi connectivity index (χ3v) is 7.87. The molecule has 0 aliphatic rings. The van der Waals surface area contributed by atoms with Crippen molar-refractivity contribution in [2.24, 2.45) is 0 Å². The SMILES string of the molecule is COc1ccc(CN(C(=O)CN(c2ccc(Cl)cc2)S(=O)(=O)c2ccccc2)[C@H](C)C(=O)NC(C)C)cc1. The molecular weight excluding hydrogens is 526 g/mol. The lowest BCUT2D eigenvalue weighted by Crippen LogP contribution is -2.52. The fourth-order valence-corrected chi connectivity index (χ4v) is 5.33. The van der Waals surface area contributed by atoms with E-state index in [1.807, 2.05) is 13.8 Å². The molecule has 0 saturated heterocycles. The maximum absolute atomic E-state index is 13.8. The molecule has 202 valence electrons. The first-order chi connectivity index (χ1) is 18.0. The van der Waals surface area contributed by atoms with E-state index in [2.05, 4.69) is 5.32 Å². The van der Waals surface area contributed by atoms with Gasteiger partial charge in [-0.05, 0) is 74.9 Å². The first-order valence-electron chi connectivity index (χ1n) is 12.1. The number of benzene rings is 3. The van der Waals surface area contributed by atoms with Gasteiger partial charge in [-0.25, -0.2) is 8.42 Å². The van der Waals surface area contributed by atoms with Crippen molar-refractivity contribution in [1.82, 2.24) is 10.2 Å². The monoisotopic (exact) mass is 557 g/mol. The van der Waals surface area contributed by atoms with Gasteiger partial charge in [-0.3, -0.25) is 13.9 Å². The van der Waals surface area contributed by atoms with Crippen molar-refractivity contribution in [3.63, 3.8) is 0 Å². The second-order valence-corrected chi connectivity index (χ2v) is 11.3. The Labute approximate surface area is 229 Å². The van der Waals surface area contributed by atoms with Crippen LogP contribution in [0, 0.1) is 0 Å². The summed E-state index contributed by atoms with van der Waals surface area (Å²) in [5, 5.41) is 3.26. The number of anilines is 1. The molecule has 2 amide bonds. The minimum atomic E-state index is -4.12. The van der Waals surface area contributed by atoms with Gasteiger partial charge in [0.15, 0.2) is 0 Å². The number of nitrogens with one attached hydrogen (secondary N) is 1. The Morgan fingerprint density at radius 1 is 0.921 bits per heavy atom. The van der Waals surface area contributed by atoms with Crippen molar-refractivity contribution in [1.29, 1.82) is 0 Å². The van der Waals surface area contributed by atoms with Crippen LogP contribution in [-0.2, 0) is 26.2 Å². The minimum absolute atomic E-state index is 0.0371. The van der Waals surface area contributed by atoms with Gasteiger partial charge in [-0.1, -0.05) is 41.9 Å². The molecular formula is C28H32ClN3O5S. The van der Waals surface area contributed by atoms with Crippen LogP contribution in [0.4, 0.5) is 5.69 Å². The minimum Gasteiger partial charge on any atom is -0.497 e. The number of carbonyl (C=O) groups excluding carboxylic acids is 2. The fraction of sp³-hybridized carbons (Fsp3) is 0.286. The second-order valence-electron chi connectivity index (χ2n) is 9.01. The van der Waals surface area contributed by atoms with Crippen LogP contribution < -0.4 is 14.4 Å². The molecule has 8 nitrogen and oxygen atoms in total. The number of methoxy groups -OCH3 is 1. The summed E-state index contributed by atoms with van der Waals surface area (Å²) in [7, 11) is -2.56. The first kappa shape index (κ1) is 29.0. The zero-order chi connectivity index (χ0) is 27.9. The van der Waals surface area contributed by atoms with Crippen molar-refractivity contribution in [2.45, 2.75) is 44.3 Å². The van der Waals surface area contributed by atoms with E-state index >= 15 is 0 Å². The standard InChI is InChI=1S/C28H32ClN3O5S/c1-20(2)30-28(34)21(3)31(18-22-10-16-25(37-4)17-11-22)27(33)19-32(24-14-12-23(29)13-15-24)38(35,36)26-8-6-5-7-9-26/h5-17,20-21H,18-19H2,1-4H3,(H,30,34)/t21-/m1/s1. The number of sulfonamides is 1. The third kappa shape index (κ3) is 7.26. The number of carbonyl (C=O) groups is 2. The van der Waals surface area contributed by atoms with Crippen LogP contribution in [0.1, 0.15) is 26.3 Å². The highest BCUT2D eigenvalue weighted by Crippen LogP contribution is 2.26. The van der Waals surface area contributed by atoms with Crippen molar-refractivity contribution in [3.05, 3.63) is 89.4 Å². The summed E-state index contributed by atoms with van der Waals surface area (Å²) in [5.41, 5.74) is 1.03. The zero-order valence-electron chi connectivity index (χ0n) is 21.8. The molecule has 3 aromatic rings. The Bertz CT molecular complexity index is 1330. The normalized spacial score (nSPS) is 12.1. The molecule has 0 aliphatic carbocycles. The summed E-state index contributed by atoms with van der Waals surface area (Å²) in [5.74, 6) is -0.229. The van der Waals surface area contributed by atoms with Crippen LogP contribution in [-0.4, -0.2) is 50.9 Å². The topological polar surface area (TPSA) is 96.0 Å². The van der Waals surface area contributed by atoms with E-state index in [1.54, 1.807) is 80.8 Å². The van der Waals surface area contributed by atoms with Gasteiger partial charge >= 0.3 is 0 Å². The smallest absolute Gasteiger partial charge is 0.264 e. The van der Waals surface area contributed by atoms with Gasteiger partial charge in [0.2, 0.25) is 11.8 Å². The Morgan fingerprint density at radius 3 is 2.08 bits per heavy atom. The molecule has 0 aliphatic heterocycles. The Morgan fingerprint density at radius 2 is 1.53 bits per heavy atom. The molecule has 0 aromatic heterocycles. The van der Waals surface area contributed by atoms with Crippen molar-refractivity contribution in [2.75, 3.05) is 18.0 Å². The van der Waals surface area contributed by atoms with Crippen LogP contribution in [0.3, 0.4) is 0 Å². The van der Waals surface area contributed by atoms with Gasteiger partial charge < -0.3 is 15.0 Å². The van der Waals surface area contributed by atoms with Gasteiger partial charge in [0.25, 0.3) is 10.0 Å². The molecule has 1 N–H and O–H groups in total. The molecule has 0 radical (unpaired) electrons. The highest BCUT2D eigenvalue weighted by molar-refractivity contribution is 7.92. The predicted octanol–water partition coefficient (Wildman–Crippen LogP) is 4.49. The highest BCUT2D eigenvalue weighted by atomic mass is 35.5. The summed E-state index contributed by atoms with van der Waals surface area (Å²) in [6.07, 6.45) is 0. The number of halogens is 1. The molecule has 0 spiro atoms. The van der Waals surface area contributed by atoms with Crippen LogP contribution in [0.2, 0.25) is 5.02 Å². The summed E-state index contributed by atoms with van der Waals surface area (Å²) in [4.78, 5) is 28.2. The largest absolute Gasteiger partial charge is 0.497 e. The number of ether oxygens (including phenoxy) is 1. The van der Waals surface area contributed by atoms with Gasteiger partial charge in [0.1, 0.15) is 18.3 Å². The molecule has 0 saturated carbocycles. The molecule has 0 unspecified atom stereocenters. The van der Waals surface area contributed by atoms with Gasteiger partial charge in [0, 0.05) is 17.6 Å². The summed E-state index contributed by atoms with van der Waals surface area (Å²) >= 11 is 6.04. The lowest BCUT2D eigenvalue weighted by Gasteiger charge is -2.32. The van der Waals surface area contributed by atoms with Gasteiger partial charge in [-0.15, -0.1) is 0 Å². The average molecular weight is 558 g/mol. The van der Waals surface area contributed by atoms with E-state index in [9.17, 15) is 18.0 Å². The van der Waals surface area contributed by atoms with Gasteiger partial charge in [-0.2, -0.15) is 0 Å². The van der Waals surface area contributed by atoms with E-state index in [-0.39, 0.29) is 29.1 Å². The number of hydrogen-bond acceptors (Lipinski definition) is 5. The van der Waals surface area contributed by atoms with Crippen LogP contribution in [0.15, 0.2) is 83.8 Å². The Balaban J connectivity index is 2.00. The third-order valence-electron chi connectivity index (χ3n) is 5.83. The summed E-state index contributed by atoms with van der Waals surface area (Å²) in [6.45, 7) is 4.85. The van der Waals surface area contributed by atoms with E-state index in [4.69, 9.17) is 16.3 Å². The van der Waals surface area contributed by atoms with Crippen LogP contribution in [0.25, 0.3) is 0 Å². The number of nitrogens with zero attached hydrogens (tertiary/aromatic N) is 2. The van der Waals surface area contributed by atoms with Crippen molar-refractivity contribution >= 4 is 39.1 Å². The Kier molecular flexibility index (Phi) is 9.77. The fourth-order valence-electron chi connectivity index (χ4n) is 3.77. The van der Waals surface area contributed by atoms with Crippen molar-refractivity contribution in [3.8, 4) is 5.75 Å². The molecule has 0 bridgehead atoms. The number of amides is 2. The maximum Gasteiger partial charge on any atom is 0.264 e. The molecule has 3 rings (SSSR count). The quantitative estimate of drug-likeness (QED) is 0.375. The average Bonchev–Trinajstić information content (AvgIpc) is 2.90. The molecule has 38 heavy (non-hydrogen) atoms. The summed E-state index contributed by atoms with van der Waals surface area (Å²) < 4.78 is 33.6. The van der Waals surface area contributed by atoms with E-state index in [0.717, 1.165) is 9.87 Å². The number of rotatable bonds is 11. The molecule has 10 heteroatoms. The predicted molar refractivity (Wildman–Crippen MR) is 149 cm³/mol. The van der Waals surface area contributed by atoms with Gasteiger partial charge in [0.05, 0.1) is 17.7 Å². The molecule has 1 atom stereocenters. The number of hydrogen-bond donors (Lipinski definition) is 1. The zero-order valence-corrected chi connectivity index (χ0v) is 23.4. The van der Waals surface area contributed by atoms with E-state index < -0.39 is 28.5 Å². The second kappa shape index (κ2) is 12.8. The maximum atomic E-state index is 13.8. The first-order valence-corrected chi connectivity index (χ1v) is 13.9. The van der Waals surface area contributed by atoms with Crippen LogP contribution >= 0.6 is 11.6 Å². The van der Waals surface area contributed by atoms with Crippen LogP contribution in [0.5, 0.6) is 5.75 Å². The van der Waals surface area contributed by atoms with E-state index in [0.29, 0.717) is 10.8 Å². The molecule has 3 aromatic carbocycles. The lowest BCUT2D eigenvalue weighted by atomic mass is 10.1. The summed E-state index contributed by atoms with van der Waals surface area (Å²) in [6, 6.07) is 20.2. The molecule has 0 fully saturated rings. The van der Waals surface area contributed by atoms with E-state index in [1.165, 1.54) is 17.0 Å².